The third-order valence-electron chi connectivity index (χ3n) is 1.78. The van der Waals surface area contributed by atoms with Gasteiger partial charge in [0.25, 0.3) is 5.56 Å². The summed E-state index contributed by atoms with van der Waals surface area (Å²) in [6.45, 7) is 0. The van der Waals surface area contributed by atoms with Crippen molar-refractivity contribution in [2.24, 2.45) is 0 Å². The van der Waals surface area contributed by atoms with Crippen LogP contribution < -0.4 is 5.56 Å². The van der Waals surface area contributed by atoms with Crippen molar-refractivity contribution < 1.29 is 4.39 Å². The second-order valence-electron chi connectivity index (χ2n) is 2.65. The number of pyridine rings is 1. The highest BCUT2D eigenvalue weighted by Crippen LogP contribution is 2.16. The molecule has 2 heterocycles. The normalized spacial score (nSPS) is 10.1. The first kappa shape index (κ1) is 8.55. The van der Waals surface area contributed by atoms with Crippen LogP contribution in [-0.2, 0) is 0 Å². The number of halogens is 1. The summed E-state index contributed by atoms with van der Waals surface area (Å²) in [4.78, 5) is 21.0. The third-order valence-corrected chi connectivity index (χ3v) is 1.78. The summed E-state index contributed by atoms with van der Waals surface area (Å²) in [5.41, 5.74) is 0.0341. The molecule has 0 aliphatic carbocycles. The zero-order valence-electron chi connectivity index (χ0n) is 7.07. The Balaban J connectivity index is 2.67. The van der Waals surface area contributed by atoms with Gasteiger partial charge in [-0.2, -0.15) is 0 Å². The van der Waals surface area contributed by atoms with Crippen molar-refractivity contribution >= 4 is 0 Å². The molecule has 0 aliphatic heterocycles. The summed E-state index contributed by atoms with van der Waals surface area (Å²) in [5.74, 6) is -0.536. The van der Waals surface area contributed by atoms with Gasteiger partial charge >= 0.3 is 0 Å². The molecule has 1 N–H and O–H groups in total. The number of H-pyrrole nitrogens is 1. The van der Waals surface area contributed by atoms with Crippen LogP contribution in [0.1, 0.15) is 0 Å². The van der Waals surface area contributed by atoms with Gasteiger partial charge in [-0.3, -0.25) is 9.78 Å². The molecule has 2 rings (SSSR count). The van der Waals surface area contributed by atoms with E-state index in [1.165, 1.54) is 24.8 Å². The van der Waals surface area contributed by atoms with Gasteiger partial charge in [0.05, 0.1) is 18.1 Å². The number of nitrogens with one attached hydrogen (secondary N) is 1. The molecule has 0 unspecified atom stereocenters. The molecule has 0 spiro atoms. The van der Waals surface area contributed by atoms with E-state index in [1.54, 1.807) is 0 Å². The standard InChI is InChI=1S/C9H6FN3O/c10-8-4-11-2-1-6(8)7-3-12-5-13-9(7)14/h1-5H,(H,12,13,14). The molecule has 0 saturated carbocycles. The smallest absolute Gasteiger partial charge is 0.258 e. The monoisotopic (exact) mass is 191 g/mol. The van der Waals surface area contributed by atoms with E-state index in [0.717, 1.165) is 6.20 Å². The van der Waals surface area contributed by atoms with Gasteiger partial charge in [0.2, 0.25) is 0 Å². The zero-order valence-corrected chi connectivity index (χ0v) is 7.07. The van der Waals surface area contributed by atoms with Crippen molar-refractivity contribution in [2.45, 2.75) is 0 Å². The van der Waals surface area contributed by atoms with E-state index in [4.69, 9.17) is 0 Å². The largest absolute Gasteiger partial charge is 0.313 e. The SMILES string of the molecule is O=c1[nH]cncc1-c1ccncc1F. The molecule has 0 fully saturated rings. The minimum atomic E-state index is -0.536. The quantitative estimate of drug-likeness (QED) is 0.730. The van der Waals surface area contributed by atoms with E-state index >= 15 is 0 Å². The Morgan fingerprint density at radius 3 is 2.79 bits per heavy atom. The molecule has 2 aromatic heterocycles. The van der Waals surface area contributed by atoms with Crippen LogP contribution in [0.3, 0.4) is 0 Å². The molecule has 14 heavy (non-hydrogen) atoms. The van der Waals surface area contributed by atoms with Gasteiger partial charge in [0.1, 0.15) is 5.82 Å². The summed E-state index contributed by atoms with van der Waals surface area (Å²) < 4.78 is 13.2. The lowest BCUT2D eigenvalue weighted by Gasteiger charge is -1.99. The Kier molecular flexibility index (Phi) is 2.06. The van der Waals surface area contributed by atoms with E-state index in [2.05, 4.69) is 15.0 Å². The molecule has 0 aromatic carbocycles. The number of rotatable bonds is 1. The first-order valence-electron chi connectivity index (χ1n) is 3.91. The van der Waals surface area contributed by atoms with E-state index in [-0.39, 0.29) is 16.7 Å². The van der Waals surface area contributed by atoms with Crippen LogP contribution in [0.5, 0.6) is 0 Å². The van der Waals surface area contributed by atoms with Gasteiger partial charge in [0.15, 0.2) is 0 Å². The molecule has 0 atom stereocenters. The van der Waals surface area contributed by atoms with Crippen molar-refractivity contribution in [1.29, 1.82) is 0 Å². The van der Waals surface area contributed by atoms with Crippen LogP contribution in [0.15, 0.2) is 35.8 Å². The topological polar surface area (TPSA) is 58.6 Å². The van der Waals surface area contributed by atoms with Crippen molar-refractivity contribution in [3.05, 3.63) is 47.2 Å². The number of nitrogens with zero attached hydrogens (tertiary/aromatic N) is 2. The van der Waals surface area contributed by atoms with Crippen LogP contribution in [-0.4, -0.2) is 15.0 Å². The number of aromatic nitrogens is 3. The maximum absolute atomic E-state index is 13.2. The van der Waals surface area contributed by atoms with Gasteiger partial charge < -0.3 is 4.98 Å². The second kappa shape index (κ2) is 3.37. The molecule has 0 saturated heterocycles. The molecule has 0 bridgehead atoms. The number of hydrogen-bond donors (Lipinski definition) is 1. The Hall–Kier alpha value is -2.04. The average Bonchev–Trinajstić information content (AvgIpc) is 2.20. The summed E-state index contributed by atoms with van der Waals surface area (Å²) >= 11 is 0. The third kappa shape index (κ3) is 1.39. The van der Waals surface area contributed by atoms with E-state index < -0.39 is 5.82 Å². The van der Waals surface area contributed by atoms with Crippen molar-refractivity contribution in [3.63, 3.8) is 0 Å². The Morgan fingerprint density at radius 1 is 1.21 bits per heavy atom. The Morgan fingerprint density at radius 2 is 2.07 bits per heavy atom. The fourth-order valence-corrected chi connectivity index (χ4v) is 1.13. The highest BCUT2D eigenvalue weighted by atomic mass is 19.1. The molecule has 0 radical (unpaired) electrons. The molecule has 5 heteroatoms. The molecule has 70 valence electrons. The predicted molar refractivity (Wildman–Crippen MR) is 48.0 cm³/mol. The van der Waals surface area contributed by atoms with Crippen LogP contribution in [0.25, 0.3) is 11.1 Å². The Bertz CT molecular complexity index is 509. The fraction of sp³-hybridized carbons (Fsp3) is 0. The molecule has 4 nitrogen and oxygen atoms in total. The van der Waals surface area contributed by atoms with Gasteiger partial charge in [-0.05, 0) is 6.07 Å². The lowest BCUT2D eigenvalue weighted by molar-refractivity contribution is 0.624. The first-order chi connectivity index (χ1) is 6.79. The molecule has 2 aromatic rings. The van der Waals surface area contributed by atoms with Crippen LogP contribution in [0.4, 0.5) is 4.39 Å². The molecular weight excluding hydrogens is 185 g/mol. The lowest BCUT2D eigenvalue weighted by atomic mass is 10.1. The molecule has 0 amide bonds. The van der Waals surface area contributed by atoms with Crippen molar-refractivity contribution in [1.82, 2.24) is 15.0 Å². The maximum atomic E-state index is 13.2. The molecule has 0 aliphatic rings. The predicted octanol–water partition coefficient (Wildman–Crippen LogP) is 0.971. The Labute approximate surface area is 78.5 Å². The molecular formula is C9H6FN3O. The highest BCUT2D eigenvalue weighted by Gasteiger charge is 2.07. The van der Waals surface area contributed by atoms with E-state index in [0.29, 0.717) is 0 Å². The van der Waals surface area contributed by atoms with Gasteiger partial charge in [-0.1, -0.05) is 0 Å². The van der Waals surface area contributed by atoms with Crippen molar-refractivity contribution in [3.8, 4) is 11.1 Å². The van der Waals surface area contributed by atoms with Gasteiger partial charge in [-0.15, -0.1) is 0 Å². The van der Waals surface area contributed by atoms with Crippen molar-refractivity contribution in [2.75, 3.05) is 0 Å². The summed E-state index contributed by atoms with van der Waals surface area (Å²) in [5, 5.41) is 0. The van der Waals surface area contributed by atoms with Gasteiger partial charge in [-0.25, -0.2) is 9.37 Å². The summed E-state index contributed by atoms with van der Waals surface area (Å²) in [6.07, 6.45) is 5.05. The van der Waals surface area contributed by atoms with Gasteiger partial charge in [0, 0.05) is 18.0 Å². The van der Waals surface area contributed by atoms with Crippen LogP contribution in [0, 0.1) is 5.82 Å². The minimum absolute atomic E-state index is 0.201. The zero-order chi connectivity index (χ0) is 9.97. The average molecular weight is 191 g/mol. The van der Waals surface area contributed by atoms with Crippen LogP contribution >= 0.6 is 0 Å². The number of aromatic amines is 1. The summed E-state index contributed by atoms with van der Waals surface area (Å²) in [7, 11) is 0. The van der Waals surface area contributed by atoms with E-state index in [1.807, 2.05) is 0 Å². The summed E-state index contributed by atoms with van der Waals surface area (Å²) in [6, 6.07) is 1.43. The highest BCUT2D eigenvalue weighted by molar-refractivity contribution is 5.60. The van der Waals surface area contributed by atoms with E-state index in [9.17, 15) is 9.18 Å². The minimum Gasteiger partial charge on any atom is -0.313 e. The first-order valence-corrected chi connectivity index (χ1v) is 3.91. The maximum Gasteiger partial charge on any atom is 0.258 e. The fourth-order valence-electron chi connectivity index (χ4n) is 1.13. The van der Waals surface area contributed by atoms with Crippen LogP contribution in [0.2, 0.25) is 0 Å². The second-order valence-corrected chi connectivity index (χ2v) is 2.65. The lowest BCUT2D eigenvalue weighted by Crippen LogP contribution is -2.09. The number of hydrogen-bond acceptors (Lipinski definition) is 3.